The lowest BCUT2D eigenvalue weighted by Crippen LogP contribution is -2.41. The van der Waals surface area contributed by atoms with Crippen molar-refractivity contribution in [2.45, 2.75) is 6.54 Å². The van der Waals surface area contributed by atoms with E-state index in [1.54, 1.807) is 36.4 Å². The van der Waals surface area contributed by atoms with E-state index >= 15 is 0 Å². The number of ether oxygens (including phenoxy) is 1. The van der Waals surface area contributed by atoms with Crippen LogP contribution in [0.5, 0.6) is 0 Å². The smallest absolute Gasteiger partial charge is 0.345 e. The minimum Gasteiger partial charge on any atom is -0.452 e. The second-order valence-electron chi connectivity index (χ2n) is 7.64. The zero-order valence-electron chi connectivity index (χ0n) is 18.5. The van der Waals surface area contributed by atoms with Crippen LogP contribution in [-0.4, -0.2) is 41.0 Å². The molecule has 11 heteroatoms. The van der Waals surface area contributed by atoms with Crippen molar-refractivity contribution in [3.05, 3.63) is 110 Å². The summed E-state index contributed by atoms with van der Waals surface area (Å²) in [5, 5.41) is 16.3. The van der Waals surface area contributed by atoms with Gasteiger partial charge in [-0.3, -0.25) is 29.8 Å². The normalized spacial score (nSPS) is 11.7. The van der Waals surface area contributed by atoms with Crippen LogP contribution in [0.3, 0.4) is 0 Å². The van der Waals surface area contributed by atoms with Gasteiger partial charge in [-0.2, -0.15) is 0 Å². The van der Waals surface area contributed by atoms with Crippen LogP contribution < -0.4 is 10.6 Å². The predicted molar refractivity (Wildman–Crippen MR) is 124 cm³/mol. The minimum absolute atomic E-state index is 0.0236. The maximum Gasteiger partial charge on any atom is 0.345 e. The minimum atomic E-state index is -1.27. The van der Waals surface area contributed by atoms with Crippen LogP contribution >= 0.6 is 0 Å². The molecule has 0 spiro atoms. The number of nitro groups is 1. The highest BCUT2D eigenvalue weighted by Gasteiger charge is 2.39. The molecular weight excluding hydrogens is 470 g/mol. The number of fused-ring (bicyclic) bond motifs is 2. The van der Waals surface area contributed by atoms with Gasteiger partial charge in [0.25, 0.3) is 11.6 Å². The van der Waals surface area contributed by atoms with E-state index in [9.17, 15) is 34.1 Å². The quantitative estimate of drug-likeness (QED) is 0.238. The molecule has 0 unspecified atom stereocenters. The number of imide groups is 1. The number of carbonyl (C=O) groups is 5. The molecule has 0 atom stereocenters. The number of benzene rings is 3. The molecule has 11 nitrogen and oxygen atoms in total. The van der Waals surface area contributed by atoms with Gasteiger partial charge in [-0.05, 0) is 17.7 Å². The molecule has 0 saturated carbocycles. The molecule has 0 aromatic heterocycles. The Labute approximate surface area is 203 Å². The number of hydrogen-bond acceptors (Lipinski definition) is 8. The molecular formula is C25H17N3O8. The molecule has 0 fully saturated rings. The molecule has 0 heterocycles. The highest BCUT2D eigenvalue weighted by atomic mass is 16.6. The highest BCUT2D eigenvalue weighted by molar-refractivity contribution is 6.30. The molecule has 3 aromatic carbocycles. The summed E-state index contributed by atoms with van der Waals surface area (Å²) in [7, 11) is 0. The number of ketones is 2. The first-order chi connectivity index (χ1) is 17.3. The van der Waals surface area contributed by atoms with E-state index in [1.807, 2.05) is 5.32 Å². The molecule has 0 bridgehead atoms. The molecule has 0 radical (unpaired) electrons. The summed E-state index contributed by atoms with van der Waals surface area (Å²) in [4.78, 5) is 73.1. The van der Waals surface area contributed by atoms with Crippen molar-refractivity contribution >= 4 is 35.2 Å². The van der Waals surface area contributed by atoms with E-state index < -0.39 is 57.8 Å². The summed E-state index contributed by atoms with van der Waals surface area (Å²) in [5.41, 5.74) is -1.38. The van der Waals surface area contributed by atoms with Crippen molar-refractivity contribution in [3.63, 3.8) is 0 Å². The first-order valence-corrected chi connectivity index (χ1v) is 10.6. The Morgan fingerprint density at radius 3 is 2.14 bits per heavy atom. The van der Waals surface area contributed by atoms with E-state index in [0.717, 1.165) is 17.7 Å². The zero-order valence-corrected chi connectivity index (χ0v) is 18.5. The van der Waals surface area contributed by atoms with Gasteiger partial charge in [0.2, 0.25) is 5.78 Å². The van der Waals surface area contributed by atoms with Crippen molar-refractivity contribution in [2.75, 3.05) is 6.61 Å². The van der Waals surface area contributed by atoms with Gasteiger partial charge in [0, 0.05) is 23.2 Å². The monoisotopic (exact) mass is 487 g/mol. The summed E-state index contributed by atoms with van der Waals surface area (Å²) >= 11 is 0. The summed E-state index contributed by atoms with van der Waals surface area (Å²) in [5.74, 6) is -3.63. The Balaban J connectivity index is 1.47. The summed E-state index contributed by atoms with van der Waals surface area (Å²) in [6.45, 7) is -0.765. The molecule has 2 N–H and O–H groups in total. The van der Waals surface area contributed by atoms with Gasteiger partial charge in [0.1, 0.15) is 11.1 Å². The van der Waals surface area contributed by atoms with E-state index in [-0.39, 0.29) is 23.2 Å². The standard InChI is InChI=1S/C25H17N3O8/c29-19(27-25(33)26-12-14-6-2-1-3-7-14)13-36-24(32)18-11-10-17-20(21(18)28(34)35)23(31)16-9-5-4-8-15(16)22(17)30/h1-11H,12-13H2,(H2,26,27,29,33). The maximum absolute atomic E-state index is 13.0. The van der Waals surface area contributed by atoms with E-state index in [2.05, 4.69) is 5.32 Å². The lowest BCUT2D eigenvalue weighted by molar-refractivity contribution is -0.385. The molecule has 0 aliphatic heterocycles. The number of amides is 3. The van der Waals surface area contributed by atoms with Crippen molar-refractivity contribution in [1.82, 2.24) is 10.6 Å². The molecule has 0 saturated heterocycles. The van der Waals surface area contributed by atoms with E-state index in [1.165, 1.54) is 18.2 Å². The first-order valence-electron chi connectivity index (χ1n) is 10.6. The third-order valence-electron chi connectivity index (χ3n) is 5.35. The fraction of sp³-hybridized carbons (Fsp3) is 0.0800. The Morgan fingerprint density at radius 2 is 1.47 bits per heavy atom. The third-order valence-corrected chi connectivity index (χ3v) is 5.35. The topological polar surface area (TPSA) is 162 Å². The average Bonchev–Trinajstić information content (AvgIpc) is 2.89. The highest BCUT2D eigenvalue weighted by Crippen LogP contribution is 2.35. The molecule has 36 heavy (non-hydrogen) atoms. The summed E-state index contributed by atoms with van der Waals surface area (Å²) in [6.07, 6.45) is 0. The SMILES string of the molecule is O=C(COC(=O)c1ccc2c(c1[N+](=O)[O-])C(=O)c1ccccc1C2=O)NC(=O)NCc1ccccc1. The van der Waals surface area contributed by atoms with Gasteiger partial charge in [-0.15, -0.1) is 0 Å². The number of rotatable bonds is 6. The third kappa shape index (κ3) is 4.71. The van der Waals surface area contributed by atoms with Gasteiger partial charge in [-0.25, -0.2) is 9.59 Å². The Morgan fingerprint density at radius 1 is 0.833 bits per heavy atom. The van der Waals surface area contributed by atoms with Crippen LogP contribution in [0.4, 0.5) is 10.5 Å². The number of carbonyl (C=O) groups excluding carboxylic acids is 5. The fourth-order valence-electron chi connectivity index (χ4n) is 3.72. The van der Waals surface area contributed by atoms with Gasteiger partial charge in [0.15, 0.2) is 12.4 Å². The second kappa shape index (κ2) is 9.97. The molecule has 3 aromatic rings. The van der Waals surface area contributed by atoms with Crippen molar-refractivity contribution in [2.24, 2.45) is 0 Å². The molecule has 3 amide bonds. The number of hydrogen-bond donors (Lipinski definition) is 2. The number of esters is 1. The maximum atomic E-state index is 13.0. The summed E-state index contributed by atoms with van der Waals surface area (Å²) < 4.78 is 4.84. The van der Waals surface area contributed by atoms with Crippen LogP contribution in [0.15, 0.2) is 66.7 Å². The number of nitrogens with zero attached hydrogens (tertiary/aromatic N) is 1. The van der Waals surface area contributed by atoms with Crippen LogP contribution in [0, 0.1) is 10.1 Å². The van der Waals surface area contributed by atoms with E-state index in [4.69, 9.17) is 4.74 Å². The van der Waals surface area contributed by atoms with Crippen LogP contribution in [-0.2, 0) is 16.1 Å². The second-order valence-corrected chi connectivity index (χ2v) is 7.64. The predicted octanol–water partition coefficient (Wildman–Crippen LogP) is 2.55. The molecule has 180 valence electrons. The number of nitro benzene ring substituents is 1. The molecule has 1 aliphatic carbocycles. The van der Waals surface area contributed by atoms with Crippen molar-refractivity contribution in [3.8, 4) is 0 Å². The summed E-state index contributed by atoms with van der Waals surface area (Å²) in [6, 6.07) is 16.1. The Kier molecular flexibility index (Phi) is 6.63. The average molecular weight is 487 g/mol. The van der Waals surface area contributed by atoms with Crippen LogP contribution in [0.25, 0.3) is 0 Å². The van der Waals surface area contributed by atoms with Crippen molar-refractivity contribution in [1.29, 1.82) is 0 Å². The van der Waals surface area contributed by atoms with Gasteiger partial charge in [-0.1, -0.05) is 54.6 Å². The lowest BCUT2D eigenvalue weighted by atomic mass is 9.82. The number of urea groups is 1. The zero-order chi connectivity index (χ0) is 25.8. The van der Waals surface area contributed by atoms with Gasteiger partial charge in [0.05, 0.1) is 4.92 Å². The lowest BCUT2D eigenvalue weighted by Gasteiger charge is -2.18. The Hall–Kier alpha value is -5.19. The first kappa shape index (κ1) is 24.0. The van der Waals surface area contributed by atoms with Crippen LogP contribution in [0.1, 0.15) is 47.8 Å². The van der Waals surface area contributed by atoms with E-state index in [0.29, 0.717) is 0 Å². The van der Waals surface area contributed by atoms with Gasteiger partial charge < -0.3 is 10.1 Å². The van der Waals surface area contributed by atoms with Crippen LogP contribution in [0.2, 0.25) is 0 Å². The Bertz CT molecular complexity index is 1430. The number of nitrogens with one attached hydrogen (secondary N) is 2. The molecule has 4 rings (SSSR count). The largest absolute Gasteiger partial charge is 0.452 e. The fourth-order valence-corrected chi connectivity index (χ4v) is 3.72. The van der Waals surface area contributed by atoms with Gasteiger partial charge >= 0.3 is 12.0 Å². The molecule has 1 aliphatic rings. The van der Waals surface area contributed by atoms with Crippen molar-refractivity contribution < 1.29 is 33.6 Å².